The summed E-state index contributed by atoms with van der Waals surface area (Å²) in [6.45, 7) is 1.97. The molecule has 1 aliphatic heterocycles. The van der Waals surface area contributed by atoms with Crippen molar-refractivity contribution in [2.45, 2.75) is 24.8 Å². The minimum absolute atomic E-state index is 0.795. The standard InChI is InChI=1S/C7H9NOS2/c1-5-8-7-6(10-5)3-2-4-11(7)9/h2-4H2,1H3. The molecule has 0 radical (unpaired) electrons. The predicted molar refractivity (Wildman–Crippen MR) is 46.4 cm³/mol. The summed E-state index contributed by atoms with van der Waals surface area (Å²) in [6.07, 6.45) is 2.13. The van der Waals surface area contributed by atoms with Crippen molar-refractivity contribution < 1.29 is 4.55 Å². The zero-order valence-electron chi connectivity index (χ0n) is 6.29. The van der Waals surface area contributed by atoms with Gasteiger partial charge in [0.25, 0.3) is 5.03 Å². The number of aromatic nitrogens is 1. The van der Waals surface area contributed by atoms with Gasteiger partial charge < -0.3 is 4.55 Å². The fraction of sp³-hybridized carbons (Fsp3) is 0.571. The van der Waals surface area contributed by atoms with Crippen LogP contribution in [-0.4, -0.2) is 15.3 Å². The molecule has 0 fully saturated rings. The van der Waals surface area contributed by atoms with E-state index in [1.807, 2.05) is 6.92 Å². The fourth-order valence-corrected chi connectivity index (χ4v) is 3.78. The normalized spacial score (nSPS) is 23.3. The highest BCUT2D eigenvalue weighted by Gasteiger charge is 2.25. The van der Waals surface area contributed by atoms with Crippen LogP contribution in [0.15, 0.2) is 5.03 Å². The van der Waals surface area contributed by atoms with E-state index in [1.54, 1.807) is 11.3 Å². The lowest BCUT2D eigenvalue weighted by atomic mass is 10.3. The Labute approximate surface area is 72.8 Å². The van der Waals surface area contributed by atoms with Crippen LogP contribution in [0.5, 0.6) is 0 Å². The molecule has 1 atom stereocenters. The number of aryl methyl sites for hydroxylation is 2. The zero-order chi connectivity index (χ0) is 7.84. The van der Waals surface area contributed by atoms with E-state index in [2.05, 4.69) is 4.98 Å². The Balaban J connectivity index is 2.43. The molecule has 0 saturated heterocycles. The van der Waals surface area contributed by atoms with Gasteiger partial charge in [-0.1, -0.05) is 0 Å². The van der Waals surface area contributed by atoms with Gasteiger partial charge >= 0.3 is 0 Å². The van der Waals surface area contributed by atoms with E-state index in [-0.39, 0.29) is 0 Å². The molecule has 2 heterocycles. The maximum absolute atomic E-state index is 11.4. The van der Waals surface area contributed by atoms with Gasteiger partial charge in [0, 0.05) is 11.2 Å². The first-order chi connectivity index (χ1) is 5.27. The smallest absolute Gasteiger partial charge is 0.258 e. The molecule has 0 saturated carbocycles. The van der Waals surface area contributed by atoms with E-state index in [1.165, 1.54) is 4.88 Å². The molecule has 4 heteroatoms. The number of thiazole rings is 1. The van der Waals surface area contributed by atoms with Gasteiger partial charge in [-0.15, -0.1) is 11.3 Å². The summed E-state index contributed by atoms with van der Waals surface area (Å²) < 4.78 is 11.4. The van der Waals surface area contributed by atoms with Crippen LogP contribution in [0.4, 0.5) is 0 Å². The van der Waals surface area contributed by atoms with Crippen LogP contribution in [0.1, 0.15) is 16.3 Å². The van der Waals surface area contributed by atoms with Crippen LogP contribution in [-0.2, 0) is 17.6 Å². The summed E-state index contributed by atoms with van der Waals surface area (Å²) in [7, 11) is 0. The van der Waals surface area contributed by atoms with Crippen LogP contribution < -0.4 is 0 Å². The van der Waals surface area contributed by atoms with Crippen molar-refractivity contribution in [2.75, 3.05) is 5.75 Å². The van der Waals surface area contributed by atoms with Crippen LogP contribution in [0.2, 0.25) is 0 Å². The minimum Gasteiger partial charge on any atom is -0.610 e. The first-order valence-electron chi connectivity index (χ1n) is 3.62. The van der Waals surface area contributed by atoms with Crippen molar-refractivity contribution in [1.82, 2.24) is 4.98 Å². The van der Waals surface area contributed by atoms with Crippen molar-refractivity contribution in [3.8, 4) is 0 Å². The Hall–Kier alpha value is -0.0600. The van der Waals surface area contributed by atoms with Gasteiger partial charge in [0.1, 0.15) is 5.75 Å². The van der Waals surface area contributed by atoms with Crippen LogP contribution in [0, 0.1) is 6.92 Å². The Morgan fingerprint density at radius 1 is 1.64 bits per heavy atom. The van der Waals surface area contributed by atoms with E-state index in [0.29, 0.717) is 0 Å². The van der Waals surface area contributed by atoms with E-state index in [4.69, 9.17) is 0 Å². The molecule has 1 aliphatic rings. The minimum atomic E-state index is -0.795. The van der Waals surface area contributed by atoms with Gasteiger partial charge in [-0.25, -0.2) is 0 Å². The molecule has 0 amide bonds. The van der Waals surface area contributed by atoms with Gasteiger partial charge in [-0.3, -0.25) is 0 Å². The third kappa shape index (κ3) is 1.30. The SMILES string of the molecule is Cc1nc2c(s1)CCC[S+]2[O-]. The zero-order valence-corrected chi connectivity index (χ0v) is 7.93. The largest absolute Gasteiger partial charge is 0.610 e. The molecule has 60 valence electrons. The third-order valence-corrected chi connectivity index (χ3v) is 4.31. The summed E-state index contributed by atoms with van der Waals surface area (Å²) in [5, 5.41) is 1.91. The molecule has 0 N–H and O–H groups in total. The summed E-state index contributed by atoms with van der Waals surface area (Å²) >= 11 is 0.895. The Bertz CT molecular complexity index is 271. The lowest BCUT2D eigenvalue weighted by molar-refractivity contribution is 0.582. The molecule has 1 aromatic rings. The van der Waals surface area contributed by atoms with E-state index >= 15 is 0 Å². The molecule has 0 aliphatic carbocycles. The fourth-order valence-electron chi connectivity index (χ4n) is 1.25. The van der Waals surface area contributed by atoms with E-state index < -0.39 is 11.2 Å². The van der Waals surface area contributed by atoms with Gasteiger partial charge in [-0.2, -0.15) is 4.98 Å². The van der Waals surface area contributed by atoms with Crippen LogP contribution in [0.25, 0.3) is 0 Å². The summed E-state index contributed by atoms with van der Waals surface area (Å²) in [5.41, 5.74) is 0. The first-order valence-corrected chi connectivity index (χ1v) is 5.75. The predicted octanol–water partition coefficient (Wildman–Crippen LogP) is 1.51. The highest BCUT2D eigenvalue weighted by molar-refractivity contribution is 7.91. The quantitative estimate of drug-likeness (QED) is 0.577. The lowest BCUT2D eigenvalue weighted by Gasteiger charge is -2.13. The highest BCUT2D eigenvalue weighted by Crippen LogP contribution is 2.28. The number of hydrogen-bond donors (Lipinski definition) is 0. The molecule has 11 heavy (non-hydrogen) atoms. The maximum atomic E-state index is 11.4. The second kappa shape index (κ2) is 2.77. The summed E-state index contributed by atoms with van der Waals surface area (Å²) in [6, 6.07) is 0. The van der Waals surface area contributed by atoms with E-state index in [0.717, 1.165) is 28.6 Å². The summed E-state index contributed by atoms with van der Waals surface area (Å²) in [4.78, 5) is 5.49. The Kier molecular flexibility index (Phi) is 1.91. The highest BCUT2D eigenvalue weighted by atomic mass is 32.2. The van der Waals surface area contributed by atoms with Crippen molar-refractivity contribution in [2.24, 2.45) is 0 Å². The molecule has 2 rings (SSSR count). The number of hydrogen-bond acceptors (Lipinski definition) is 3. The van der Waals surface area contributed by atoms with Gasteiger partial charge in [0.15, 0.2) is 0 Å². The first kappa shape index (κ1) is 7.58. The topological polar surface area (TPSA) is 36.0 Å². The molecular weight excluding hydrogens is 178 g/mol. The lowest BCUT2D eigenvalue weighted by Crippen LogP contribution is -2.14. The molecule has 1 aromatic heterocycles. The molecule has 0 spiro atoms. The van der Waals surface area contributed by atoms with Gasteiger partial charge in [0.05, 0.1) is 9.88 Å². The molecule has 0 aromatic carbocycles. The van der Waals surface area contributed by atoms with Crippen molar-refractivity contribution in [3.05, 3.63) is 9.88 Å². The molecular formula is C7H9NOS2. The average Bonchev–Trinajstić information content (AvgIpc) is 2.31. The Morgan fingerprint density at radius 2 is 2.45 bits per heavy atom. The van der Waals surface area contributed by atoms with Crippen molar-refractivity contribution in [3.63, 3.8) is 0 Å². The Morgan fingerprint density at radius 3 is 3.18 bits per heavy atom. The second-order valence-electron chi connectivity index (χ2n) is 2.61. The van der Waals surface area contributed by atoms with Gasteiger partial charge in [-0.05, 0) is 19.8 Å². The second-order valence-corrected chi connectivity index (χ2v) is 5.39. The molecule has 0 bridgehead atoms. The maximum Gasteiger partial charge on any atom is 0.258 e. The molecule has 2 nitrogen and oxygen atoms in total. The van der Waals surface area contributed by atoms with Crippen molar-refractivity contribution >= 4 is 22.5 Å². The van der Waals surface area contributed by atoms with Crippen LogP contribution in [0.3, 0.4) is 0 Å². The van der Waals surface area contributed by atoms with Crippen LogP contribution >= 0.6 is 11.3 Å². The van der Waals surface area contributed by atoms with E-state index in [9.17, 15) is 4.55 Å². The van der Waals surface area contributed by atoms with Crippen molar-refractivity contribution in [1.29, 1.82) is 0 Å². The van der Waals surface area contributed by atoms with Gasteiger partial charge in [0.2, 0.25) is 0 Å². The third-order valence-electron chi connectivity index (χ3n) is 1.72. The monoisotopic (exact) mass is 187 g/mol. The molecule has 1 unspecified atom stereocenters. The number of nitrogens with zero attached hydrogens (tertiary/aromatic N) is 1. The summed E-state index contributed by atoms with van der Waals surface area (Å²) in [5.74, 6) is 0.802. The average molecular weight is 187 g/mol. The number of rotatable bonds is 0. The number of fused-ring (bicyclic) bond motifs is 1.